The molecule has 0 unspecified atom stereocenters. The molecule has 1 aliphatic rings. The molecule has 1 aromatic carbocycles. The Bertz CT molecular complexity index is 929. The minimum atomic E-state index is -0.462. The van der Waals surface area contributed by atoms with Crippen molar-refractivity contribution >= 4 is 11.7 Å². The van der Waals surface area contributed by atoms with Gasteiger partial charge in [0.2, 0.25) is 5.91 Å². The Balaban J connectivity index is 2.02. The number of benzene rings is 1. The first-order valence-corrected chi connectivity index (χ1v) is 9.90. The molecule has 7 heteroatoms. The summed E-state index contributed by atoms with van der Waals surface area (Å²) in [7, 11) is 3.58. The highest BCUT2D eigenvalue weighted by Gasteiger charge is 2.35. The highest BCUT2D eigenvalue weighted by atomic mass is 19.1. The molecule has 29 heavy (non-hydrogen) atoms. The molecule has 0 saturated heterocycles. The predicted octanol–water partition coefficient (Wildman–Crippen LogP) is 3.12. The van der Waals surface area contributed by atoms with Gasteiger partial charge in [0.1, 0.15) is 17.3 Å². The Labute approximate surface area is 171 Å². The van der Waals surface area contributed by atoms with E-state index in [0.29, 0.717) is 30.2 Å². The highest BCUT2D eigenvalue weighted by molar-refractivity contribution is 5.98. The Kier molecular flexibility index (Phi) is 5.89. The molecular formula is C22H29FN4O2. The first-order valence-electron chi connectivity index (χ1n) is 9.90. The number of nitrogens with one attached hydrogen (secondary N) is 1. The van der Waals surface area contributed by atoms with Crippen molar-refractivity contribution in [3.63, 3.8) is 0 Å². The number of hydrogen-bond acceptors (Lipinski definition) is 4. The maximum absolute atomic E-state index is 13.8. The van der Waals surface area contributed by atoms with Crippen LogP contribution >= 0.6 is 0 Å². The van der Waals surface area contributed by atoms with Gasteiger partial charge >= 0.3 is 0 Å². The molecule has 1 atom stereocenters. The SMILES string of the molecule is CNC(=O)[C@@H](CC(=O)c1nc(-c2cccc(F)c2)n2c1CN(C)CC2)C(C)(C)C. The number of aromatic nitrogens is 2. The normalized spacial score (nSPS) is 15.7. The summed E-state index contributed by atoms with van der Waals surface area (Å²) >= 11 is 0. The van der Waals surface area contributed by atoms with E-state index >= 15 is 0 Å². The zero-order valence-corrected chi connectivity index (χ0v) is 17.8. The zero-order chi connectivity index (χ0) is 21.3. The van der Waals surface area contributed by atoms with Crippen LogP contribution in [0.15, 0.2) is 24.3 Å². The fourth-order valence-corrected chi connectivity index (χ4v) is 3.81. The van der Waals surface area contributed by atoms with Crippen LogP contribution in [0.1, 0.15) is 43.4 Å². The van der Waals surface area contributed by atoms with Gasteiger partial charge in [-0.3, -0.25) is 14.5 Å². The molecule has 0 aliphatic carbocycles. The molecule has 0 spiro atoms. The number of nitrogens with zero attached hydrogens (tertiary/aromatic N) is 3. The van der Waals surface area contributed by atoms with Gasteiger partial charge in [0.15, 0.2) is 5.78 Å². The average molecular weight is 400 g/mol. The summed E-state index contributed by atoms with van der Waals surface area (Å²) in [6.07, 6.45) is 0.0828. The Morgan fingerprint density at radius 2 is 2.00 bits per heavy atom. The van der Waals surface area contributed by atoms with Crippen molar-refractivity contribution in [1.82, 2.24) is 19.8 Å². The lowest BCUT2D eigenvalue weighted by molar-refractivity contribution is -0.127. The molecule has 2 heterocycles. The number of hydrogen-bond donors (Lipinski definition) is 1. The van der Waals surface area contributed by atoms with Crippen molar-refractivity contribution in [3.05, 3.63) is 41.5 Å². The van der Waals surface area contributed by atoms with Gasteiger partial charge in [0, 0.05) is 38.7 Å². The van der Waals surface area contributed by atoms with E-state index < -0.39 is 5.92 Å². The molecule has 1 amide bonds. The summed E-state index contributed by atoms with van der Waals surface area (Å²) in [5.41, 5.74) is 1.49. The molecule has 1 aliphatic heterocycles. The van der Waals surface area contributed by atoms with Crippen molar-refractivity contribution in [1.29, 1.82) is 0 Å². The third-order valence-electron chi connectivity index (χ3n) is 5.54. The third-order valence-corrected chi connectivity index (χ3v) is 5.54. The van der Waals surface area contributed by atoms with Crippen molar-refractivity contribution in [2.45, 2.75) is 40.3 Å². The number of imidazole rings is 1. The van der Waals surface area contributed by atoms with E-state index in [4.69, 9.17) is 0 Å². The Hall–Kier alpha value is -2.54. The maximum atomic E-state index is 13.8. The molecule has 6 nitrogen and oxygen atoms in total. The highest BCUT2D eigenvalue weighted by Crippen LogP contribution is 2.32. The number of Topliss-reactive ketones (excluding diaryl/α,β-unsaturated/α-hetero) is 1. The first kappa shape index (κ1) is 21.2. The van der Waals surface area contributed by atoms with E-state index in [1.54, 1.807) is 19.2 Å². The molecule has 0 radical (unpaired) electrons. The van der Waals surface area contributed by atoms with E-state index in [-0.39, 0.29) is 29.3 Å². The number of halogens is 1. The first-order chi connectivity index (χ1) is 13.6. The smallest absolute Gasteiger partial charge is 0.223 e. The number of fused-ring (bicyclic) bond motifs is 1. The van der Waals surface area contributed by atoms with Crippen molar-refractivity contribution < 1.29 is 14.0 Å². The second-order valence-electron chi connectivity index (χ2n) is 8.79. The molecule has 0 saturated carbocycles. The van der Waals surface area contributed by atoms with Crippen LogP contribution in [-0.2, 0) is 17.9 Å². The summed E-state index contributed by atoms with van der Waals surface area (Å²) in [4.78, 5) is 32.4. The van der Waals surface area contributed by atoms with Gasteiger partial charge in [0.25, 0.3) is 0 Å². The summed E-state index contributed by atoms with van der Waals surface area (Å²) in [5.74, 6) is -0.510. The molecule has 156 valence electrons. The number of carbonyl (C=O) groups is 2. The van der Waals surface area contributed by atoms with Crippen LogP contribution < -0.4 is 5.32 Å². The zero-order valence-electron chi connectivity index (χ0n) is 17.8. The van der Waals surface area contributed by atoms with Gasteiger partial charge in [-0.25, -0.2) is 9.37 Å². The maximum Gasteiger partial charge on any atom is 0.223 e. The van der Waals surface area contributed by atoms with E-state index in [0.717, 1.165) is 12.2 Å². The van der Waals surface area contributed by atoms with Crippen LogP contribution in [0.3, 0.4) is 0 Å². The van der Waals surface area contributed by atoms with Crippen molar-refractivity contribution in [2.75, 3.05) is 20.6 Å². The Morgan fingerprint density at radius 1 is 1.28 bits per heavy atom. The van der Waals surface area contributed by atoms with Crippen molar-refractivity contribution in [3.8, 4) is 11.4 Å². The fraction of sp³-hybridized carbons (Fsp3) is 0.500. The van der Waals surface area contributed by atoms with Gasteiger partial charge < -0.3 is 9.88 Å². The summed E-state index contributed by atoms with van der Waals surface area (Å²) < 4.78 is 15.8. The molecule has 3 rings (SSSR count). The van der Waals surface area contributed by atoms with Gasteiger partial charge in [-0.15, -0.1) is 0 Å². The Morgan fingerprint density at radius 3 is 2.62 bits per heavy atom. The summed E-state index contributed by atoms with van der Waals surface area (Å²) in [6, 6.07) is 6.27. The average Bonchev–Trinajstić information content (AvgIpc) is 3.03. The topological polar surface area (TPSA) is 67.2 Å². The van der Waals surface area contributed by atoms with E-state index in [1.807, 2.05) is 32.4 Å². The summed E-state index contributed by atoms with van der Waals surface area (Å²) in [5, 5.41) is 2.67. The quantitative estimate of drug-likeness (QED) is 0.783. The largest absolute Gasteiger partial charge is 0.359 e. The molecular weight excluding hydrogens is 371 g/mol. The number of likely N-dealkylation sites (N-methyl/N-ethyl adjacent to an activating group) is 1. The number of carbonyl (C=O) groups excluding carboxylic acids is 2. The lowest BCUT2D eigenvalue weighted by Crippen LogP contribution is -2.38. The summed E-state index contributed by atoms with van der Waals surface area (Å²) in [6.45, 7) is 7.94. The lowest BCUT2D eigenvalue weighted by Gasteiger charge is -2.29. The van der Waals surface area contributed by atoms with Crippen LogP contribution in [0.5, 0.6) is 0 Å². The van der Waals surface area contributed by atoms with Crippen molar-refractivity contribution in [2.24, 2.45) is 11.3 Å². The van der Waals surface area contributed by atoms with Crippen LogP contribution in [0.25, 0.3) is 11.4 Å². The molecule has 2 aromatic rings. The van der Waals surface area contributed by atoms with Crippen LogP contribution in [0.4, 0.5) is 4.39 Å². The van der Waals surface area contributed by atoms with Crippen LogP contribution in [-0.4, -0.2) is 46.8 Å². The van der Waals surface area contributed by atoms with Gasteiger partial charge in [-0.05, 0) is 24.6 Å². The minimum Gasteiger partial charge on any atom is -0.359 e. The molecule has 0 fully saturated rings. The standard InChI is InChI=1S/C22H29FN4O2/c1-22(2,3)16(21(29)24-4)12-18(28)19-17-13-26(5)9-10-27(17)20(25-19)14-7-6-8-15(23)11-14/h6-8,11,16H,9-10,12-13H2,1-5H3,(H,24,29)/t16-/m1/s1. The van der Waals surface area contributed by atoms with Crippen LogP contribution in [0.2, 0.25) is 0 Å². The minimum absolute atomic E-state index is 0.0828. The monoisotopic (exact) mass is 400 g/mol. The fourth-order valence-electron chi connectivity index (χ4n) is 3.81. The predicted molar refractivity (Wildman–Crippen MR) is 110 cm³/mol. The molecule has 1 N–H and O–H groups in total. The lowest BCUT2D eigenvalue weighted by atomic mass is 9.77. The van der Waals surface area contributed by atoms with Gasteiger partial charge in [0.05, 0.1) is 11.6 Å². The van der Waals surface area contributed by atoms with Crippen LogP contribution in [0, 0.1) is 17.2 Å². The second-order valence-corrected chi connectivity index (χ2v) is 8.79. The van der Waals surface area contributed by atoms with E-state index in [9.17, 15) is 14.0 Å². The molecule has 1 aromatic heterocycles. The van der Waals surface area contributed by atoms with Gasteiger partial charge in [-0.1, -0.05) is 32.9 Å². The van der Waals surface area contributed by atoms with Gasteiger partial charge in [-0.2, -0.15) is 0 Å². The second kappa shape index (κ2) is 8.06. The van der Waals surface area contributed by atoms with E-state index in [1.165, 1.54) is 12.1 Å². The van der Waals surface area contributed by atoms with E-state index in [2.05, 4.69) is 15.2 Å². The number of amides is 1. The third kappa shape index (κ3) is 4.40. The number of ketones is 1. The number of rotatable bonds is 5. The molecule has 0 bridgehead atoms.